The van der Waals surface area contributed by atoms with Crippen molar-refractivity contribution in [2.45, 2.75) is 31.8 Å². The van der Waals surface area contributed by atoms with E-state index in [0.717, 1.165) is 19.3 Å². The summed E-state index contributed by atoms with van der Waals surface area (Å²) >= 11 is 0. The standard InChI is InChI=1S/C12H14O3/c13-9-5-4-7-2-1-3-8-6-10(14)15-12(8)11(7)9/h4-5,7-8,11-12H,1-3,6H2. The van der Waals surface area contributed by atoms with Gasteiger partial charge in [-0.3, -0.25) is 9.59 Å². The summed E-state index contributed by atoms with van der Waals surface area (Å²) in [6, 6.07) is 0. The van der Waals surface area contributed by atoms with E-state index in [1.807, 2.05) is 6.08 Å². The lowest BCUT2D eigenvalue weighted by Gasteiger charge is -2.23. The van der Waals surface area contributed by atoms with E-state index in [9.17, 15) is 9.59 Å². The number of allylic oxidation sites excluding steroid dienone is 2. The van der Waals surface area contributed by atoms with Crippen LogP contribution in [0.15, 0.2) is 12.2 Å². The zero-order chi connectivity index (χ0) is 10.4. The van der Waals surface area contributed by atoms with Gasteiger partial charge in [0.15, 0.2) is 5.78 Å². The van der Waals surface area contributed by atoms with Gasteiger partial charge in [-0.25, -0.2) is 0 Å². The summed E-state index contributed by atoms with van der Waals surface area (Å²) < 4.78 is 5.33. The molecule has 0 radical (unpaired) electrons. The maximum atomic E-state index is 11.7. The van der Waals surface area contributed by atoms with Crippen molar-refractivity contribution in [1.29, 1.82) is 0 Å². The Morgan fingerprint density at radius 3 is 3.00 bits per heavy atom. The Balaban J connectivity index is 1.92. The quantitative estimate of drug-likeness (QED) is 0.564. The fourth-order valence-electron chi connectivity index (χ4n) is 3.22. The van der Waals surface area contributed by atoms with Gasteiger partial charge < -0.3 is 4.74 Å². The van der Waals surface area contributed by atoms with E-state index >= 15 is 0 Å². The third kappa shape index (κ3) is 1.33. The summed E-state index contributed by atoms with van der Waals surface area (Å²) in [5.74, 6) is 0.579. The first-order valence-electron chi connectivity index (χ1n) is 5.67. The molecule has 0 amide bonds. The van der Waals surface area contributed by atoms with E-state index in [1.165, 1.54) is 0 Å². The van der Waals surface area contributed by atoms with Crippen molar-refractivity contribution in [3.8, 4) is 0 Å². The Bertz CT molecular complexity index is 345. The van der Waals surface area contributed by atoms with E-state index in [4.69, 9.17) is 4.74 Å². The van der Waals surface area contributed by atoms with Crippen molar-refractivity contribution < 1.29 is 14.3 Å². The molecule has 0 aromatic carbocycles. The smallest absolute Gasteiger partial charge is 0.306 e. The van der Waals surface area contributed by atoms with Gasteiger partial charge in [-0.1, -0.05) is 12.5 Å². The first kappa shape index (κ1) is 9.13. The summed E-state index contributed by atoms with van der Waals surface area (Å²) in [5, 5.41) is 0. The van der Waals surface area contributed by atoms with E-state index < -0.39 is 0 Å². The van der Waals surface area contributed by atoms with E-state index in [1.54, 1.807) is 6.08 Å². The Morgan fingerprint density at radius 2 is 2.13 bits per heavy atom. The molecule has 1 saturated carbocycles. The van der Waals surface area contributed by atoms with Crippen LogP contribution in [0.3, 0.4) is 0 Å². The third-order valence-corrected chi connectivity index (χ3v) is 3.92. The van der Waals surface area contributed by atoms with Crippen molar-refractivity contribution in [1.82, 2.24) is 0 Å². The van der Waals surface area contributed by atoms with Gasteiger partial charge >= 0.3 is 5.97 Å². The van der Waals surface area contributed by atoms with Crippen LogP contribution >= 0.6 is 0 Å². The summed E-state index contributed by atoms with van der Waals surface area (Å²) in [6.45, 7) is 0. The molecule has 0 aromatic rings. The normalized spacial score (nSPS) is 43.5. The Kier molecular flexibility index (Phi) is 1.94. The molecule has 2 fully saturated rings. The Morgan fingerprint density at radius 1 is 1.27 bits per heavy atom. The zero-order valence-corrected chi connectivity index (χ0v) is 8.52. The molecule has 0 aromatic heterocycles. The molecule has 3 rings (SSSR count). The fourth-order valence-corrected chi connectivity index (χ4v) is 3.22. The number of ketones is 1. The maximum absolute atomic E-state index is 11.7. The van der Waals surface area contributed by atoms with Crippen molar-refractivity contribution in [2.75, 3.05) is 0 Å². The average molecular weight is 206 g/mol. The first-order chi connectivity index (χ1) is 7.25. The highest BCUT2D eigenvalue weighted by Gasteiger charge is 2.48. The summed E-state index contributed by atoms with van der Waals surface area (Å²) in [4.78, 5) is 23.0. The van der Waals surface area contributed by atoms with Crippen molar-refractivity contribution in [2.24, 2.45) is 17.8 Å². The number of ether oxygens (including phenoxy) is 1. The summed E-state index contributed by atoms with van der Waals surface area (Å²) in [7, 11) is 0. The molecule has 2 aliphatic carbocycles. The van der Waals surface area contributed by atoms with Crippen molar-refractivity contribution in [3.63, 3.8) is 0 Å². The lowest BCUT2D eigenvalue weighted by molar-refractivity contribution is -0.145. The minimum absolute atomic E-state index is 0.0658. The van der Waals surface area contributed by atoms with Crippen molar-refractivity contribution in [3.05, 3.63) is 12.2 Å². The zero-order valence-electron chi connectivity index (χ0n) is 8.52. The van der Waals surface area contributed by atoms with Crippen molar-refractivity contribution >= 4 is 11.8 Å². The van der Waals surface area contributed by atoms with Crippen LogP contribution < -0.4 is 0 Å². The molecule has 15 heavy (non-hydrogen) atoms. The first-order valence-corrected chi connectivity index (χ1v) is 5.67. The highest BCUT2D eigenvalue weighted by Crippen LogP contribution is 2.43. The number of carbonyl (C=O) groups is 2. The highest BCUT2D eigenvalue weighted by atomic mass is 16.6. The van der Waals surface area contributed by atoms with Gasteiger partial charge in [-0.15, -0.1) is 0 Å². The molecule has 3 aliphatic rings. The van der Waals surface area contributed by atoms with Crippen LogP contribution in [-0.2, 0) is 14.3 Å². The monoisotopic (exact) mass is 206 g/mol. The Labute approximate surface area is 88.5 Å². The van der Waals surface area contributed by atoms with Gasteiger partial charge in [0.2, 0.25) is 0 Å². The lowest BCUT2D eigenvalue weighted by atomic mass is 9.84. The molecular formula is C12H14O3. The van der Waals surface area contributed by atoms with E-state index in [2.05, 4.69) is 0 Å². The summed E-state index contributed by atoms with van der Waals surface area (Å²) in [5.41, 5.74) is 0. The number of fused-ring (bicyclic) bond motifs is 3. The van der Waals surface area contributed by atoms with Gasteiger partial charge in [0.25, 0.3) is 0 Å². The van der Waals surface area contributed by atoms with Gasteiger partial charge in [-0.05, 0) is 24.8 Å². The molecule has 1 heterocycles. The minimum Gasteiger partial charge on any atom is -0.461 e. The molecule has 4 unspecified atom stereocenters. The second-order valence-electron chi connectivity index (χ2n) is 4.80. The van der Waals surface area contributed by atoms with Gasteiger partial charge in [0.1, 0.15) is 6.10 Å². The summed E-state index contributed by atoms with van der Waals surface area (Å²) in [6.07, 6.45) is 7.26. The number of esters is 1. The molecule has 0 spiro atoms. The number of hydrogen-bond acceptors (Lipinski definition) is 3. The topological polar surface area (TPSA) is 43.4 Å². The highest BCUT2D eigenvalue weighted by molar-refractivity contribution is 5.95. The molecule has 1 aliphatic heterocycles. The number of rotatable bonds is 0. The second-order valence-corrected chi connectivity index (χ2v) is 4.80. The molecule has 0 bridgehead atoms. The lowest BCUT2D eigenvalue weighted by Crippen LogP contribution is -2.32. The predicted octanol–water partition coefficient (Wildman–Crippen LogP) is 1.47. The fraction of sp³-hybridized carbons (Fsp3) is 0.667. The van der Waals surface area contributed by atoms with E-state index in [-0.39, 0.29) is 29.7 Å². The molecule has 0 N–H and O–H groups in total. The van der Waals surface area contributed by atoms with Crippen LogP contribution in [0.4, 0.5) is 0 Å². The molecule has 80 valence electrons. The van der Waals surface area contributed by atoms with Crippen LogP contribution in [0.1, 0.15) is 25.7 Å². The Hall–Kier alpha value is -1.12. The van der Waals surface area contributed by atoms with Gasteiger partial charge in [0, 0.05) is 5.92 Å². The largest absolute Gasteiger partial charge is 0.461 e. The molecule has 1 saturated heterocycles. The molecular weight excluding hydrogens is 192 g/mol. The van der Waals surface area contributed by atoms with Crippen LogP contribution in [0.25, 0.3) is 0 Å². The average Bonchev–Trinajstić information content (AvgIpc) is 2.67. The SMILES string of the molecule is O=C1CC2CCCC3C=CC(=O)C3C2O1. The predicted molar refractivity (Wildman–Crippen MR) is 53.0 cm³/mol. The number of hydrogen-bond donors (Lipinski definition) is 0. The molecule has 4 atom stereocenters. The number of carbonyl (C=O) groups excluding carboxylic acids is 2. The van der Waals surface area contributed by atoms with Crippen LogP contribution in [-0.4, -0.2) is 17.9 Å². The van der Waals surface area contributed by atoms with E-state index in [0.29, 0.717) is 12.3 Å². The minimum atomic E-state index is -0.132. The van der Waals surface area contributed by atoms with Crippen LogP contribution in [0.2, 0.25) is 0 Å². The van der Waals surface area contributed by atoms with Gasteiger partial charge in [-0.2, -0.15) is 0 Å². The third-order valence-electron chi connectivity index (χ3n) is 3.92. The maximum Gasteiger partial charge on any atom is 0.306 e. The van der Waals surface area contributed by atoms with Crippen LogP contribution in [0, 0.1) is 17.8 Å². The molecule has 3 heteroatoms. The van der Waals surface area contributed by atoms with Gasteiger partial charge in [0.05, 0.1) is 12.3 Å². The molecule has 3 nitrogen and oxygen atoms in total. The van der Waals surface area contributed by atoms with Crippen LogP contribution in [0.5, 0.6) is 0 Å². The second kappa shape index (κ2) is 3.19.